The maximum atomic E-state index is 9.48. The molecule has 0 saturated heterocycles. The lowest BCUT2D eigenvalue weighted by molar-refractivity contribution is 0.0680. The molecular formula is C18H19NO2. The highest BCUT2D eigenvalue weighted by Gasteiger charge is 2.25. The van der Waals surface area contributed by atoms with E-state index in [0.29, 0.717) is 13.0 Å². The highest BCUT2D eigenvalue weighted by atomic mass is 16.5. The molecule has 0 saturated carbocycles. The van der Waals surface area contributed by atoms with Crippen LogP contribution in [0.1, 0.15) is 23.5 Å². The molecule has 0 heterocycles. The van der Waals surface area contributed by atoms with E-state index >= 15 is 0 Å². The summed E-state index contributed by atoms with van der Waals surface area (Å²) in [5.41, 5.74) is 2.11. The van der Waals surface area contributed by atoms with Crippen molar-refractivity contribution in [2.24, 2.45) is 0 Å². The number of hydrogen-bond donors (Lipinski definition) is 1. The van der Waals surface area contributed by atoms with Gasteiger partial charge in [0.1, 0.15) is 0 Å². The van der Waals surface area contributed by atoms with Crippen LogP contribution < -0.4 is 0 Å². The van der Waals surface area contributed by atoms with Gasteiger partial charge in [-0.25, -0.2) is 0 Å². The number of aliphatic hydroxyl groups is 1. The molecule has 2 aromatic rings. The lowest BCUT2D eigenvalue weighted by Gasteiger charge is -2.23. The van der Waals surface area contributed by atoms with E-state index in [4.69, 9.17) is 9.84 Å². The van der Waals surface area contributed by atoms with E-state index in [1.807, 2.05) is 60.7 Å². The lowest BCUT2D eigenvalue weighted by atomic mass is 9.87. The van der Waals surface area contributed by atoms with Gasteiger partial charge in [0.2, 0.25) is 0 Å². The number of hydrogen-bond acceptors (Lipinski definition) is 3. The zero-order chi connectivity index (χ0) is 14.9. The van der Waals surface area contributed by atoms with Gasteiger partial charge in [-0.3, -0.25) is 0 Å². The molecule has 1 N–H and O–H groups in total. The molecule has 108 valence electrons. The van der Waals surface area contributed by atoms with Gasteiger partial charge in [-0.1, -0.05) is 60.7 Å². The van der Waals surface area contributed by atoms with Gasteiger partial charge in [-0.15, -0.1) is 0 Å². The number of benzene rings is 2. The van der Waals surface area contributed by atoms with Gasteiger partial charge in [0, 0.05) is 12.5 Å². The topological polar surface area (TPSA) is 53.2 Å². The van der Waals surface area contributed by atoms with E-state index in [1.165, 1.54) is 0 Å². The maximum Gasteiger partial charge on any atom is 0.154 e. The smallest absolute Gasteiger partial charge is 0.154 e. The van der Waals surface area contributed by atoms with Crippen LogP contribution in [-0.2, 0) is 4.74 Å². The van der Waals surface area contributed by atoms with Crippen molar-refractivity contribution in [2.75, 3.05) is 13.2 Å². The van der Waals surface area contributed by atoms with Crippen LogP contribution >= 0.6 is 0 Å². The minimum Gasteiger partial charge on any atom is -0.396 e. The van der Waals surface area contributed by atoms with Crippen molar-refractivity contribution in [1.82, 2.24) is 0 Å². The standard InChI is InChI=1S/C18H19NO2/c19-14-17(21-13-7-12-20)18(15-8-3-1-4-9-15)16-10-5-2-6-11-16/h1-6,8-11,17-18,20H,7,12-13H2. The second-order valence-corrected chi connectivity index (χ2v) is 4.80. The fraction of sp³-hybridized carbons (Fsp3) is 0.278. The predicted molar refractivity (Wildman–Crippen MR) is 81.8 cm³/mol. The number of rotatable bonds is 7. The van der Waals surface area contributed by atoms with E-state index in [2.05, 4.69) is 6.07 Å². The average Bonchev–Trinajstić information content (AvgIpc) is 2.56. The van der Waals surface area contributed by atoms with Gasteiger partial charge in [-0.2, -0.15) is 5.26 Å². The summed E-state index contributed by atoms with van der Waals surface area (Å²) >= 11 is 0. The van der Waals surface area contributed by atoms with Crippen molar-refractivity contribution in [1.29, 1.82) is 5.26 Å². The normalized spacial score (nSPS) is 12.0. The second-order valence-electron chi connectivity index (χ2n) is 4.80. The first kappa shape index (κ1) is 15.2. The van der Waals surface area contributed by atoms with Crippen LogP contribution in [0.5, 0.6) is 0 Å². The van der Waals surface area contributed by atoms with Gasteiger partial charge in [0.25, 0.3) is 0 Å². The molecule has 3 nitrogen and oxygen atoms in total. The fourth-order valence-corrected chi connectivity index (χ4v) is 2.35. The molecule has 0 fully saturated rings. The van der Waals surface area contributed by atoms with Gasteiger partial charge < -0.3 is 9.84 Å². The van der Waals surface area contributed by atoms with E-state index in [1.54, 1.807) is 0 Å². The first-order valence-corrected chi connectivity index (χ1v) is 7.08. The number of aliphatic hydroxyl groups excluding tert-OH is 1. The highest BCUT2D eigenvalue weighted by molar-refractivity contribution is 5.35. The average molecular weight is 281 g/mol. The van der Waals surface area contributed by atoms with Gasteiger partial charge >= 0.3 is 0 Å². The van der Waals surface area contributed by atoms with Crippen molar-refractivity contribution in [3.8, 4) is 6.07 Å². The maximum absolute atomic E-state index is 9.48. The molecule has 0 aliphatic carbocycles. The number of nitrogens with zero attached hydrogens (tertiary/aromatic N) is 1. The molecule has 0 aromatic heterocycles. The highest BCUT2D eigenvalue weighted by Crippen LogP contribution is 2.29. The van der Waals surface area contributed by atoms with Crippen LogP contribution in [0.15, 0.2) is 60.7 Å². The Morgan fingerprint density at radius 2 is 1.48 bits per heavy atom. The Morgan fingerprint density at radius 1 is 0.952 bits per heavy atom. The first-order chi connectivity index (χ1) is 10.4. The molecule has 3 heteroatoms. The van der Waals surface area contributed by atoms with Gasteiger partial charge in [0.15, 0.2) is 6.10 Å². The van der Waals surface area contributed by atoms with Crippen molar-refractivity contribution in [3.63, 3.8) is 0 Å². The van der Waals surface area contributed by atoms with E-state index in [-0.39, 0.29) is 12.5 Å². The minimum atomic E-state index is -0.568. The van der Waals surface area contributed by atoms with Crippen LogP contribution in [0.4, 0.5) is 0 Å². The molecule has 0 bridgehead atoms. The summed E-state index contributed by atoms with van der Waals surface area (Å²) in [4.78, 5) is 0. The molecule has 2 rings (SSSR count). The summed E-state index contributed by atoms with van der Waals surface area (Å²) in [6.07, 6.45) is -0.0320. The molecule has 1 unspecified atom stereocenters. The van der Waals surface area contributed by atoms with E-state index in [0.717, 1.165) is 11.1 Å². The molecule has 0 amide bonds. The summed E-state index contributed by atoms with van der Waals surface area (Å²) in [7, 11) is 0. The Morgan fingerprint density at radius 3 is 1.90 bits per heavy atom. The first-order valence-electron chi connectivity index (χ1n) is 7.08. The third kappa shape index (κ3) is 4.16. The van der Waals surface area contributed by atoms with Crippen LogP contribution in [0.25, 0.3) is 0 Å². The molecule has 0 radical (unpaired) electrons. The molecule has 0 spiro atoms. The second kappa shape index (κ2) is 8.21. The Hall–Kier alpha value is -2.15. The molecule has 0 aliphatic heterocycles. The van der Waals surface area contributed by atoms with Crippen molar-refractivity contribution >= 4 is 0 Å². The van der Waals surface area contributed by atoms with Gasteiger partial charge in [0.05, 0.1) is 12.7 Å². The summed E-state index contributed by atoms with van der Waals surface area (Å²) in [5.74, 6) is -0.129. The van der Waals surface area contributed by atoms with Crippen LogP contribution in [0, 0.1) is 11.3 Å². The van der Waals surface area contributed by atoms with Crippen LogP contribution in [0.2, 0.25) is 0 Å². The fourth-order valence-electron chi connectivity index (χ4n) is 2.35. The molecular weight excluding hydrogens is 262 g/mol. The minimum absolute atomic E-state index is 0.0689. The summed E-state index contributed by atoms with van der Waals surface area (Å²) < 4.78 is 5.68. The summed E-state index contributed by atoms with van der Waals surface area (Å²) in [6, 6.07) is 22.1. The number of ether oxygens (including phenoxy) is 1. The van der Waals surface area contributed by atoms with Crippen LogP contribution in [-0.4, -0.2) is 24.4 Å². The lowest BCUT2D eigenvalue weighted by Crippen LogP contribution is -2.22. The monoisotopic (exact) mass is 281 g/mol. The van der Waals surface area contributed by atoms with Crippen molar-refractivity contribution in [2.45, 2.75) is 18.4 Å². The van der Waals surface area contributed by atoms with E-state index < -0.39 is 6.10 Å². The molecule has 2 aromatic carbocycles. The Bertz CT molecular complexity index is 523. The molecule has 21 heavy (non-hydrogen) atoms. The number of nitriles is 1. The van der Waals surface area contributed by atoms with E-state index in [9.17, 15) is 5.26 Å². The van der Waals surface area contributed by atoms with Crippen molar-refractivity contribution in [3.05, 3.63) is 71.8 Å². The SMILES string of the molecule is N#CC(OCCCO)C(c1ccccc1)c1ccccc1. The molecule has 1 atom stereocenters. The third-order valence-corrected chi connectivity index (χ3v) is 3.35. The predicted octanol–water partition coefficient (Wildman–Crippen LogP) is 3.11. The third-order valence-electron chi connectivity index (χ3n) is 3.35. The zero-order valence-corrected chi connectivity index (χ0v) is 11.9. The Balaban J connectivity index is 2.29. The Kier molecular flexibility index (Phi) is 5.96. The van der Waals surface area contributed by atoms with Gasteiger partial charge in [-0.05, 0) is 17.5 Å². The summed E-state index contributed by atoms with van der Waals surface area (Å²) in [6.45, 7) is 0.449. The van der Waals surface area contributed by atoms with Crippen LogP contribution in [0.3, 0.4) is 0 Å². The Labute approximate surface area is 125 Å². The molecule has 0 aliphatic rings. The van der Waals surface area contributed by atoms with Crippen molar-refractivity contribution < 1.29 is 9.84 Å². The summed E-state index contributed by atoms with van der Waals surface area (Å²) in [5, 5.41) is 18.3. The largest absolute Gasteiger partial charge is 0.396 e. The zero-order valence-electron chi connectivity index (χ0n) is 11.9. The quantitative estimate of drug-likeness (QED) is 0.793.